The predicted molar refractivity (Wildman–Crippen MR) is 81.9 cm³/mol. The van der Waals surface area contributed by atoms with E-state index in [4.69, 9.17) is 15.2 Å². The lowest BCUT2D eigenvalue weighted by Crippen LogP contribution is -2.18. The van der Waals surface area contributed by atoms with Crippen LogP contribution in [0.5, 0.6) is 5.75 Å². The number of thiophene rings is 1. The summed E-state index contributed by atoms with van der Waals surface area (Å²) in [4.78, 5) is 14.6. The molecule has 0 amide bonds. The first kappa shape index (κ1) is 15.0. The fourth-order valence-corrected chi connectivity index (χ4v) is 3.64. The molecule has 2 heterocycles. The van der Waals surface area contributed by atoms with E-state index in [1.54, 1.807) is 14.0 Å². The lowest BCUT2D eigenvalue weighted by atomic mass is 10.1. The molecule has 0 aliphatic carbocycles. The van der Waals surface area contributed by atoms with Gasteiger partial charge in [-0.1, -0.05) is 13.3 Å². The first-order valence-corrected chi connectivity index (χ1v) is 7.82. The Morgan fingerprint density at radius 3 is 2.80 bits per heavy atom. The van der Waals surface area contributed by atoms with Gasteiger partial charge >= 0.3 is 5.97 Å². The van der Waals surface area contributed by atoms with E-state index in [1.807, 2.05) is 0 Å². The highest BCUT2D eigenvalue weighted by Gasteiger charge is 2.29. The highest BCUT2D eigenvalue weighted by atomic mass is 32.1. The average Bonchev–Trinajstić information content (AvgIpc) is 3.02. The molecule has 5 nitrogen and oxygen atoms in total. The molecule has 0 saturated carbocycles. The van der Waals surface area contributed by atoms with Gasteiger partial charge in [-0.2, -0.15) is 0 Å². The number of hydrogen-bond acceptors (Lipinski definition) is 6. The minimum Gasteiger partial charge on any atom is -0.492 e. The fraction of sp³-hybridized carbons (Fsp3) is 0.643. The molecule has 2 rings (SSSR count). The van der Waals surface area contributed by atoms with Gasteiger partial charge in [0.25, 0.3) is 0 Å². The molecule has 1 aromatic heterocycles. The molecule has 2 N–H and O–H groups in total. The molecule has 112 valence electrons. The second-order valence-electron chi connectivity index (χ2n) is 4.91. The van der Waals surface area contributed by atoms with Crippen molar-refractivity contribution in [3.63, 3.8) is 0 Å². The van der Waals surface area contributed by atoms with Crippen molar-refractivity contribution in [3.05, 3.63) is 4.88 Å². The standard InChI is InChI=1S/C14H22N2O3S/c1-4-9-6-7-16(8-9)13-11(18-3)10(15)12(20-13)14(17)19-5-2/h9H,4-8,15H2,1-3H3. The van der Waals surface area contributed by atoms with E-state index in [0.717, 1.165) is 18.1 Å². The molecule has 0 bridgehead atoms. The SMILES string of the molecule is CCOC(=O)c1sc(N2CCC(CC)C2)c(OC)c1N. The summed E-state index contributed by atoms with van der Waals surface area (Å²) in [5.41, 5.74) is 6.43. The largest absolute Gasteiger partial charge is 0.492 e. The fourth-order valence-electron chi connectivity index (χ4n) is 2.52. The molecule has 1 atom stereocenters. The molecule has 20 heavy (non-hydrogen) atoms. The van der Waals surface area contributed by atoms with E-state index in [9.17, 15) is 4.79 Å². The van der Waals surface area contributed by atoms with Crippen LogP contribution in [0.3, 0.4) is 0 Å². The Morgan fingerprint density at radius 2 is 2.25 bits per heavy atom. The number of hydrogen-bond donors (Lipinski definition) is 1. The van der Waals surface area contributed by atoms with Gasteiger partial charge in [0.2, 0.25) is 0 Å². The molecule has 0 spiro atoms. The maximum Gasteiger partial charge on any atom is 0.350 e. The Hall–Kier alpha value is -1.43. The number of carbonyl (C=O) groups is 1. The zero-order chi connectivity index (χ0) is 14.7. The molecular formula is C14H22N2O3S. The third-order valence-corrected chi connectivity index (χ3v) is 4.93. The number of nitrogens with two attached hydrogens (primary N) is 1. The highest BCUT2D eigenvalue weighted by Crippen LogP contribution is 2.46. The third-order valence-electron chi connectivity index (χ3n) is 3.70. The van der Waals surface area contributed by atoms with Gasteiger partial charge < -0.3 is 20.1 Å². The molecule has 1 fully saturated rings. The second-order valence-corrected chi connectivity index (χ2v) is 5.91. The topological polar surface area (TPSA) is 64.8 Å². The number of ether oxygens (including phenoxy) is 2. The van der Waals surface area contributed by atoms with E-state index in [0.29, 0.717) is 28.8 Å². The molecule has 1 aliphatic rings. The van der Waals surface area contributed by atoms with E-state index >= 15 is 0 Å². The number of esters is 1. The van der Waals surface area contributed by atoms with E-state index in [2.05, 4.69) is 11.8 Å². The van der Waals surface area contributed by atoms with Crippen molar-refractivity contribution in [2.45, 2.75) is 26.7 Å². The van der Waals surface area contributed by atoms with Crippen LogP contribution in [-0.4, -0.2) is 32.8 Å². The van der Waals surface area contributed by atoms with Crippen LogP contribution in [0.15, 0.2) is 0 Å². The molecule has 1 aliphatic heterocycles. The van der Waals surface area contributed by atoms with Crippen molar-refractivity contribution in [3.8, 4) is 5.75 Å². The van der Waals surface area contributed by atoms with Crippen LogP contribution < -0.4 is 15.4 Å². The summed E-state index contributed by atoms with van der Waals surface area (Å²) in [6.07, 6.45) is 2.34. The summed E-state index contributed by atoms with van der Waals surface area (Å²) >= 11 is 1.37. The lowest BCUT2D eigenvalue weighted by Gasteiger charge is -2.17. The normalized spacial score (nSPS) is 18.4. The van der Waals surface area contributed by atoms with Gasteiger partial charge in [0.15, 0.2) is 5.75 Å². The molecular weight excluding hydrogens is 276 g/mol. The molecule has 6 heteroatoms. The van der Waals surface area contributed by atoms with Gasteiger partial charge in [-0.05, 0) is 19.3 Å². The monoisotopic (exact) mass is 298 g/mol. The number of nitrogens with zero attached hydrogens (tertiary/aromatic N) is 1. The van der Waals surface area contributed by atoms with Crippen molar-refractivity contribution < 1.29 is 14.3 Å². The van der Waals surface area contributed by atoms with Crippen LogP contribution in [0.25, 0.3) is 0 Å². The zero-order valence-corrected chi connectivity index (χ0v) is 13.1. The first-order chi connectivity index (χ1) is 9.62. The maximum absolute atomic E-state index is 11.9. The van der Waals surface area contributed by atoms with Crippen molar-refractivity contribution in [1.29, 1.82) is 0 Å². The lowest BCUT2D eigenvalue weighted by molar-refractivity contribution is 0.0533. The van der Waals surface area contributed by atoms with Crippen LogP contribution in [0.1, 0.15) is 36.4 Å². The van der Waals surface area contributed by atoms with Gasteiger partial charge in [-0.15, -0.1) is 11.3 Å². The Bertz CT molecular complexity index is 487. The minimum absolute atomic E-state index is 0.343. The van der Waals surface area contributed by atoms with E-state index in [-0.39, 0.29) is 5.97 Å². The Kier molecular flexibility index (Phi) is 4.75. The summed E-state index contributed by atoms with van der Waals surface area (Å²) < 4.78 is 10.4. The van der Waals surface area contributed by atoms with Crippen LogP contribution in [-0.2, 0) is 4.74 Å². The van der Waals surface area contributed by atoms with Crippen LogP contribution in [0.4, 0.5) is 10.7 Å². The number of rotatable bonds is 5. The quantitative estimate of drug-likeness (QED) is 0.847. The molecule has 1 unspecified atom stereocenters. The number of carbonyl (C=O) groups excluding carboxylic acids is 1. The van der Waals surface area contributed by atoms with Crippen LogP contribution >= 0.6 is 11.3 Å². The number of nitrogen functional groups attached to an aromatic ring is 1. The molecule has 1 saturated heterocycles. The average molecular weight is 298 g/mol. The van der Waals surface area contributed by atoms with Crippen molar-refractivity contribution in [1.82, 2.24) is 0 Å². The summed E-state index contributed by atoms with van der Waals surface area (Å²) in [6, 6.07) is 0. The molecule has 1 aromatic rings. The van der Waals surface area contributed by atoms with E-state index < -0.39 is 0 Å². The highest BCUT2D eigenvalue weighted by molar-refractivity contribution is 7.19. The first-order valence-electron chi connectivity index (χ1n) is 7.00. The Morgan fingerprint density at radius 1 is 1.50 bits per heavy atom. The predicted octanol–water partition coefficient (Wildman–Crippen LogP) is 2.75. The maximum atomic E-state index is 11.9. The van der Waals surface area contributed by atoms with Crippen molar-refractivity contribution >= 4 is 28.0 Å². The van der Waals surface area contributed by atoms with Crippen molar-refractivity contribution in [2.75, 3.05) is 37.4 Å². The van der Waals surface area contributed by atoms with Crippen molar-refractivity contribution in [2.24, 2.45) is 5.92 Å². The summed E-state index contributed by atoms with van der Waals surface area (Å²) in [6.45, 7) is 6.31. The summed E-state index contributed by atoms with van der Waals surface area (Å²) in [5.74, 6) is 0.940. The summed E-state index contributed by atoms with van der Waals surface area (Å²) in [5, 5.41) is 0.948. The zero-order valence-electron chi connectivity index (χ0n) is 12.3. The van der Waals surface area contributed by atoms with Gasteiger partial charge in [0, 0.05) is 13.1 Å². The van der Waals surface area contributed by atoms with Gasteiger partial charge in [0.1, 0.15) is 15.6 Å². The van der Waals surface area contributed by atoms with Gasteiger partial charge in [-0.3, -0.25) is 0 Å². The minimum atomic E-state index is -0.370. The van der Waals surface area contributed by atoms with Crippen LogP contribution in [0, 0.1) is 5.92 Å². The second kappa shape index (κ2) is 6.35. The molecule has 0 aromatic carbocycles. The Balaban J connectivity index is 2.29. The Labute approximate surface area is 123 Å². The van der Waals surface area contributed by atoms with Gasteiger partial charge in [-0.25, -0.2) is 4.79 Å². The number of methoxy groups -OCH3 is 1. The van der Waals surface area contributed by atoms with Gasteiger partial charge in [0.05, 0.1) is 13.7 Å². The number of anilines is 2. The smallest absolute Gasteiger partial charge is 0.350 e. The summed E-state index contributed by atoms with van der Waals surface area (Å²) in [7, 11) is 1.59. The molecule has 0 radical (unpaired) electrons. The van der Waals surface area contributed by atoms with Crippen LogP contribution in [0.2, 0.25) is 0 Å². The third kappa shape index (κ3) is 2.70. The van der Waals surface area contributed by atoms with E-state index in [1.165, 1.54) is 24.2 Å².